The van der Waals surface area contributed by atoms with Crippen molar-refractivity contribution in [1.82, 2.24) is 0 Å². The minimum Gasteiger partial charge on any atom is -0.465 e. The number of benzene rings is 2. The second-order valence-corrected chi connectivity index (χ2v) is 6.29. The number of nitrogens with zero attached hydrogens (tertiary/aromatic N) is 2. The van der Waals surface area contributed by atoms with Crippen LogP contribution in [0.25, 0.3) is 0 Å². The molecule has 3 rings (SSSR count). The topological polar surface area (TPSA) is 114 Å². The Kier molecular flexibility index (Phi) is 6.21. The molecule has 0 aromatic heterocycles. The minimum absolute atomic E-state index is 0.0610. The summed E-state index contributed by atoms with van der Waals surface area (Å²) in [6.45, 7) is 0. The Morgan fingerprint density at radius 1 is 0.967 bits per heavy atom. The third kappa shape index (κ3) is 4.35. The summed E-state index contributed by atoms with van der Waals surface area (Å²) >= 11 is 0. The first-order valence-electron chi connectivity index (χ1n) is 9.02. The second kappa shape index (κ2) is 8.99. The fraction of sp³-hybridized carbons (Fsp3) is 0.190. The number of ether oxygens (including phenoxy) is 2. The number of amides is 2. The van der Waals surface area contributed by atoms with Gasteiger partial charge in [-0.25, -0.2) is 14.6 Å². The van der Waals surface area contributed by atoms with Crippen molar-refractivity contribution in [2.45, 2.75) is 12.8 Å². The molecule has 9 heteroatoms. The van der Waals surface area contributed by atoms with Gasteiger partial charge in [0.15, 0.2) is 0 Å². The lowest BCUT2D eigenvalue weighted by Crippen LogP contribution is -2.36. The lowest BCUT2D eigenvalue weighted by atomic mass is 10.1. The number of rotatable bonds is 5. The van der Waals surface area contributed by atoms with Crippen LogP contribution >= 0.6 is 0 Å². The van der Waals surface area contributed by atoms with Gasteiger partial charge in [-0.1, -0.05) is 18.2 Å². The maximum Gasteiger partial charge on any atom is 0.339 e. The number of para-hydroxylation sites is 1. The van der Waals surface area contributed by atoms with Crippen LogP contribution in [0.3, 0.4) is 0 Å². The standard InChI is InChI=1S/C21H19N3O6/c1-29-20(27)13-8-9-15(21(28)30-2)17(12-13)22-19(26)16-10-11-18(25)24(23-16)14-6-4-3-5-7-14/h3-9,12H,10-11H2,1-2H3,(H,22,26). The molecule has 30 heavy (non-hydrogen) atoms. The predicted octanol–water partition coefficient (Wildman–Crippen LogP) is 2.38. The third-order valence-corrected chi connectivity index (χ3v) is 4.39. The van der Waals surface area contributed by atoms with E-state index in [1.165, 1.54) is 37.4 Å². The summed E-state index contributed by atoms with van der Waals surface area (Å²) in [5.41, 5.74) is 0.923. The Bertz CT molecular complexity index is 1030. The summed E-state index contributed by atoms with van der Waals surface area (Å²) in [6, 6.07) is 12.8. The van der Waals surface area contributed by atoms with Gasteiger partial charge in [0.05, 0.1) is 36.7 Å². The molecule has 2 aromatic rings. The average Bonchev–Trinajstić information content (AvgIpc) is 2.78. The fourth-order valence-electron chi connectivity index (χ4n) is 2.86. The number of nitrogens with one attached hydrogen (secondary N) is 1. The van der Waals surface area contributed by atoms with Crippen LogP contribution in [0.5, 0.6) is 0 Å². The summed E-state index contributed by atoms with van der Waals surface area (Å²) in [4.78, 5) is 48.9. The van der Waals surface area contributed by atoms with Gasteiger partial charge >= 0.3 is 11.9 Å². The summed E-state index contributed by atoms with van der Waals surface area (Å²) in [5, 5.41) is 7.93. The van der Waals surface area contributed by atoms with Crippen molar-refractivity contribution in [1.29, 1.82) is 0 Å². The van der Waals surface area contributed by atoms with Gasteiger partial charge in [0.1, 0.15) is 5.71 Å². The van der Waals surface area contributed by atoms with E-state index in [9.17, 15) is 19.2 Å². The maximum absolute atomic E-state index is 12.8. The van der Waals surface area contributed by atoms with Crippen molar-refractivity contribution in [3.63, 3.8) is 0 Å². The molecule has 1 aliphatic rings. The molecule has 0 radical (unpaired) electrons. The third-order valence-electron chi connectivity index (χ3n) is 4.39. The minimum atomic E-state index is -0.687. The summed E-state index contributed by atoms with van der Waals surface area (Å²) in [7, 11) is 2.43. The molecule has 0 aliphatic carbocycles. The number of carbonyl (C=O) groups is 4. The SMILES string of the molecule is COC(=O)c1ccc(C(=O)OC)c(NC(=O)C2=NN(c3ccccc3)C(=O)CC2)c1. The molecular formula is C21H19N3O6. The van der Waals surface area contributed by atoms with Gasteiger partial charge in [-0.05, 0) is 30.3 Å². The Morgan fingerprint density at radius 3 is 2.33 bits per heavy atom. The number of carbonyl (C=O) groups excluding carboxylic acids is 4. The molecule has 0 spiro atoms. The number of methoxy groups -OCH3 is 2. The van der Waals surface area contributed by atoms with E-state index in [1.54, 1.807) is 30.3 Å². The van der Waals surface area contributed by atoms with E-state index in [0.717, 1.165) is 0 Å². The van der Waals surface area contributed by atoms with Gasteiger partial charge in [-0.3, -0.25) is 9.59 Å². The van der Waals surface area contributed by atoms with Crippen LogP contribution in [0.15, 0.2) is 53.6 Å². The molecule has 2 amide bonds. The summed E-state index contributed by atoms with van der Waals surface area (Å²) in [5.74, 6) is -2.15. The van der Waals surface area contributed by atoms with Crippen molar-refractivity contribution in [3.8, 4) is 0 Å². The van der Waals surface area contributed by atoms with Crippen molar-refractivity contribution in [2.24, 2.45) is 5.10 Å². The van der Waals surface area contributed by atoms with E-state index in [4.69, 9.17) is 4.74 Å². The Balaban J connectivity index is 1.91. The van der Waals surface area contributed by atoms with Gasteiger partial charge in [0.2, 0.25) is 5.91 Å². The van der Waals surface area contributed by atoms with Crippen LogP contribution < -0.4 is 10.3 Å². The van der Waals surface area contributed by atoms with E-state index in [1.807, 2.05) is 0 Å². The van der Waals surface area contributed by atoms with Crippen molar-refractivity contribution < 1.29 is 28.7 Å². The largest absolute Gasteiger partial charge is 0.465 e. The normalized spacial score (nSPS) is 13.3. The molecule has 0 saturated carbocycles. The summed E-state index contributed by atoms with van der Waals surface area (Å²) in [6.07, 6.45) is 0.242. The Hall–Kier alpha value is -4.01. The quantitative estimate of drug-likeness (QED) is 0.759. The number of anilines is 2. The van der Waals surface area contributed by atoms with Crippen molar-refractivity contribution in [3.05, 3.63) is 59.7 Å². The van der Waals surface area contributed by atoms with Crippen LogP contribution in [-0.4, -0.2) is 43.7 Å². The summed E-state index contributed by atoms with van der Waals surface area (Å²) < 4.78 is 9.41. The molecule has 0 unspecified atom stereocenters. The van der Waals surface area contributed by atoms with Crippen LogP contribution in [0.2, 0.25) is 0 Å². The predicted molar refractivity (Wildman–Crippen MR) is 108 cm³/mol. The molecule has 1 N–H and O–H groups in total. The maximum atomic E-state index is 12.8. The first-order chi connectivity index (χ1) is 14.4. The molecule has 0 fully saturated rings. The Labute approximate surface area is 172 Å². The van der Waals surface area contributed by atoms with Gasteiger partial charge in [-0.15, -0.1) is 0 Å². The first-order valence-corrected chi connectivity index (χ1v) is 9.02. The van der Waals surface area contributed by atoms with Crippen LogP contribution in [0.4, 0.5) is 11.4 Å². The van der Waals surface area contributed by atoms with E-state index >= 15 is 0 Å². The smallest absolute Gasteiger partial charge is 0.339 e. The molecule has 0 bridgehead atoms. The second-order valence-electron chi connectivity index (χ2n) is 6.29. The van der Waals surface area contributed by atoms with Gasteiger partial charge < -0.3 is 14.8 Å². The van der Waals surface area contributed by atoms with Crippen molar-refractivity contribution in [2.75, 3.05) is 24.5 Å². The zero-order valence-corrected chi connectivity index (χ0v) is 16.4. The molecule has 1 aliphatic heterocycles. The molecule has 1 heterocycles. The number of esters is 2. The van der Waals surface area contributed by atoms with E-state index in [2.05, 4.69) is 15.2 Å². The zero-order chi connectivity index (χ0) is 21.7. The van der Waals surface area contributed by atoms with E-state index in [-0.39, 0.29) is 41.3 Å². The van der Waals surface area contributed by atoms with E-state index in [0.29, 0.717) is 5.69 Å². The van der Waals surface area contributed by atoms with Crippen LogP contribution in [0.1, 0.15) is 33.6 Å². The van der Waals surface area contributed by atoms with E-state index < -0.39 is 17.8 Å². The molecule has 154 valence electrons. The zero-order valence-electron chi connectivity index (χ0n) is 16.4. The van der Waals surface area contributed by atoms with Crippen molar-refractivity contribution >= 4 is 40.8 Å². The highest BCUT2D eigenvalue weighted by Gasteiger charge is 2.26. The number of hydrazone groups is 1. The average molecular weight is 409 g/mol. The molecule has 0 saturated heterocycles. The highest BCUT2D eigenvalue weighted by Crippen LogP contribution is 2.22. The molecule has 0 atom stereocenters. The van der Waals surface area contributed by atoms with Gasteiger partial charge in [-0.2, -0.15) is 5.10 Å². The lowest BCUT2D eigenvalue weighted by molar-refractivity contribution is -0.118. The number of hydrogen-bond donors (Lipinski definition) is 1. The lowest BCUT2D eigenvalue weighted by Gasteiger charge is -2.23. The van der Waals surface area contributed by atoms with Gasteiger partial charge in [0.25, 0.3) is 5.91 Å². The highest BCUT2D eigenvalue weighted by atomic mass is 16.5. The first kappa shape index (κ1) is 20.7. The monoisotopic (exact) mass is 409 g/mol. The fourth-order valence-corrected chi connectivity index (χ4v) is 2.86. The Morgan fingerprint density at radius 2 is 1.67 bits per heavy atom. The van der Waals surface area contributed by atoms with Crippen LogP contribution in [0, 0.1) is 0 Å². The molecular weight excluding hydrogens is 390 g/mol. The molecule has 9 nitrogen and oxygen atoms in total. The number of hydrogen-bond acceptors (Lipinski definition) is 7. The highest BCUT2D eigenvalue weighted by molar-refractivity contribution is 6.44. The molecule has 2 aromatic carbocycles. The van der Waals surface area contributed by atoms with Crippen LogP contribution in [-0.2, 0) is 19.1 Å². The van der Waals surface area contributed by atoms with Gasteiger partial charge in [0, 0.05) is 12.8 Å².